The Morgan fingerprint density at radius 3 is 2.78 bits per heavy atom. The Balaban J connectivity index is 2.69. The van der Waals surface area contributed by atoms with Gasteiger partial charge in [-0.1, -0.05) is 0 Å². The van der Waals surface area contributed by atoms with Crippen molar-refractivity contribution in [2.75, 3.05) is 19.0 Å². The highest BCUT2D eigenvalue weighted by Gasteiger charge is 2.30. The van der Waals surface area contributed by atoms with E-state index in [0.717, 1.165) is 0 Å². The summed E-state index contributed by atoms with van der Waals surface area (Å²) in [6, 6.07) is 0. The molecule has 0 spiro atoms. The van der Waals surface area contributed by atoms with Crippen molar-refractivity contribution >= 4 is 17.6 Å². The molecule has 1 aromatic heterocycles. The first kappa shape index (κ1) is 14.2. The van der Waals surface area contributed by atoms with E-state index in [1.807, 2.05) is 0 Å². The number of hydrogen-bond donors (Lipinski definition) is 2. The highest BCUT2D eigenvalue weighted by atomic mass is 16.5. The van der Waals surface area contributed by atoms with Crippen LogP contribution in [0.15, 0.2) is 12.4 Å². The molecule has 0 saturated carbocycles. The summed E-state index contributed by atoms with van der Waals surface area (Å²) in [5.74, 6) is -1.20. The number of methoxy groups -OCH3 is 1. The second-order valence-corrected chi connectivity index (χ2v) is 4.33. The Kier molecular flexibility index (Phi) is 4.43. The molecular formula is C11H17N3O4. The zero-order valence-corrected chi connectivity index (χ0v) is 10.6. The van der Waals surface area contributed by atoms with Crippen molar-refractivity contribution in [1.82, 2.24) is 9.78 Å². The molecule has 18 heavy (non-hydrogen) atoms. The van der Waals surface area contributed by atoms with Crippen LogP contribution in [0.2, 0.25) is 0 Å². The van der Waals surface area contributed by atoms with E-state index in [2.05, 4.69) is 10.4 Å². The summed E-state index contributed by atoms with van der Waals surface area (Å²) in [5.41, 5.74) is -0.694. The molecule has 0 aliphatic rings. The number of aliphatic carboxylic acids is 1. The lowest BCUT2D eigenvalue weighted by molar-refractivity contribution is -0.146. The van der Waals surface area contributed by atoms with Gasteiger partial charge in [-0.3, -0.25) is 9.48 Å². The van der Waals surface area contributed by atoms with Gasteiger partial charge in [0.1, 0.15) is 0 Å². The van der Waals surface area contributed by atoms with Gasteiger partial charge in [0.2, 0.25) is 5.91 Å². The number of rotatable bonds is 6. The van der Waals surface area contributed by atoms with Crippen LogP contribution in [-0.4, -0.2) is 40.5 Å². The first-order valence-electron chi connectivity index (χ1n) is 5.45. The number of carbonyl (C=O) groups excluding carboxylic acids is 1. The third kappa shape index (κ3) is 3.30. The van der Waals surface area contributed by atoms with E-state index >= 15 is 0 Å². The minimum absolute atomic E-state index is 0.204. The molecule has 1 aromatic rings. The minimum atomic E-state index is -1.16. The molecule has 100 valence electrons. The Bertz CT molecular complexity index is 439. The summed E-state index contributed by atoms with van der Waals surface area (Å²) in [6.07, 6.45) is 3.14. The average Bonchev–Trinajstić information content (AvgIpc) is 2.75. The third-order valence-corrected chi connectivity index (χ3v) is 2.50. The quantitative estimate of drug-likeness (QED) is 0.779. The Labute approximate surface area is 105 Å². The molecule has 7 heteroatoms. The highest BCUT2D eigenvalue weighted by molar-refractivity contribution is 5.90. The first-order valence-corrected chi connectivity index (χ1v) is 5.45. The van der Waals surface area contributed by atoms with Crippen LogP contribution in [-0.2, 0) is 19.9 Å². The molecule has 0 unspecified atom stereocenters. The van der Waals surface area contributed by atoms with Gasteiger partial charge in [0.05, 0.1) is 24.9 Å². The van der Waals surface area contributed by atoms with Crippen LogP contribution in [0, 0.1) is 0 Å². The van der Waals surface area contributed by atoms with Crippen molar-refractivity contribution < 1.29 is 19.4 Å². The van der Waals surface area contributed by atoms with Crippen LogP contribution in [0.25, 0.3) is 0 Å². The van der Waals surface area contributed by atoms with E-state index in [0.29, 0.717) is 12.3 Å². The summed E-state index contributed by atoms with van der Waals surface area (Å²) in [7, 11) is 1.51. The van der Waals surface area contributed by atoms with E-state index in [4.69, 9.17) is 9.84 Å². The van der Waals surface area contributed by atoms with Gasteiger partial charge >= 0.3 is 5.97 Å². The molecule has 1 amide bonds. The number of carboxylic acids is 1. The predicted molar refractivity (Wildman–Crippen MR) is 64.3 cm³/mol. The van der Waals surface area contributed by atoms with Gasteiger partial charge in [-0.05, 0) is 13.8 Å². The van der Waals surface area contributed by atoms with Crippen LogP contribution in [0.5, 0.6) is 0 Å². The van der Waals surface area contributed by atoms with Crippen LogP contribution in [0.4, 0.5) is 5.69 Å². The molecule has 0 radical (unpaired) electrons. The molecule has 0 atom stereocenters. The van der Waals surface area contributed by atoms with Crippen LogP contribution < -0.4 is 5.32 Å². The fourth-order valence-corrected chi connectivity index (χ4v) is 1.21. The van der Waals surface area contributed by atoms with Crippen molar-refractivity contribution in [3.05, 3.63) is 12.4 Å². The molecule has 0 fully saturated rings. The van der Waals surface area contributed by atoms with Gasteiger partial charge < -0.3 is 15.2 Å². The molecular weight excluding hydrogens is 238 g/mol. The molecule has 0 aliphatic carbocycles. The molecule has 0 bridgehead atoms. The van der Waals surface area contributed by atoms with Crippen LogP contribution >= 0.6 is 0 Å². The topological polar surface area (TPSA) is 93.5 Å². The fourth-order valence-electron chi connectivity index (χ4n) is 1.21. The van der Waals surface area contributed by atoms with E-state index in [1.165, 1.54) is 38.0 Å². The zero-order valence-electron chi connectivity index (χ0n) is 10.6. The van der Waals surface area contributed by atoms with Crippen molar-refractivity contribution in [2.45, 2.75) is 25.8 Å². The maximum Gasteiger partial charge on any atom is 0.331 e. The number of carbonyl (C=O) groups is 2. The van der Waals surface area contributed by atoms with Gasteiger partial charge in [-0.2, -0.15) is 5.10 Å². The number of ether oxygens (including phenoxy) is 1. The monoisotopic (exact) mass is 255 g/mol. The number of hydrogen-bond acceptors (Lipinski definition) is 4. The molecule has 2 N–H and O–H groups in total. The van der Waals surface area contributed by atoms with Gasteiger partial charge in [0.15, 0.2) is 5.54 Å². The third-order valence-electron chi connectivity index (χ3n) is 2.50. The van der Waals surface area contributed by atoms with E-state index in [1.54, 1.807) is 0 Å². The molecule has 1 heterocycles. The first-order chi connectivity index (χ1) is 8.37. The number of nitrogens with one attached hydrogen (secondary N) is 1. The van der Waals surface area contributed by atoms with Crippen molar-refractivity contribution in [2.24, 2.45) is 0 Å². The SMILES string of the molecule is COCCC(=O)Nc1cnn(C(C)(C)C(=O)O)c1. The second-order valence-electron chi connectivity index (χ2n) is 4.33. The van der Waals surface area contributed by atoms with Crippen molar-refractivity contribution in [3.8, 4) is 0 Å². The van der Waals surface area contributed by atoms with E-state index < -0.39 is 11.5 Å². The van der Waals surface area contributed by atoms with Gasteiger partial charge in [0.25, 0.3) is 0 Å². The fraction of sp³-hybridized carbons (Fsp3) is 0.545. The molecule has 0 aliphatic heterocycles. The zero-order chi connectivity index (χ0) is 13.8. The Morgan fingerprint density at radius 1 is 1.56 bits per heavy atom. The van der Waals surface area contributed by atoms with E-state index in [-0.39, 0.29) is 12.3 Å². The highest BCUT2D eigenvalue weighted by Crippen LogP contribution is 2.17. The summed E-state index contributed by atoms with van der Waals surface area (Å²) >= 11 is 0. The van der Waals surface area contributed by atoms with E-state index in [9.17, 15) is 9.59 Å². The number of carboxylic acid groups (broad SMARTS) is 1. The standard InChI is InChI=1S/C11H17N3O4/c1-11(2,10(16)17)14-7-8(6-12-14)13-9(15)4-5-18-3/h6-7H,4-5H2,1-3H3,(H,13,15)(H,16,17). The van der Waals surface area contributed by atoms with Crippen molar-refractivity contribution in [3.63, 3.8) is 0 Å². The molecule has 0 aromatic carbocycles. The summed E-state index contributed by atoms with van der Waals surface area (Å²) in [4.78, 5) is 22.4. The average molecular weight is 255 g/mol. The normalized spacial score (nSPS) is 11.3. The Hall–Kier alpha value is -1.89. The lowest BCUT2D eigenvalue weighted by Gasteiger charge is -2.19. The number of amides is 1. The lowest BCUT2D eigenvalue weighted by atomic mass is 10.1. The predicted octanol–water partition coefficient (Wildman–Crippen LogP) is 0.678. The number of aromatic nitrogens is 2. The maximum absolute atomic E-state index is 11.4. The summed E-state index contributed by atoms with van der Waals surface area (Å²) in [5, 5.41) is 15.6. The van der Waals surface area contributed by atoms with Crippen LogP contribution in [0.1, 0.15) is 20.3 Å². The van der Waals surface area contributed by atoms with Crippen molar-refractivity contribution in [1.29, 1.82) is 0 Å². The minimum Gasteiger partial charge on any atom is -0.479 e. The summed E-state index contributed by atoms with van der Waals surface area (Å²) in [6.45, 7) is 3.39. The van der Waals surface area contributed by atoms with Gasteiger partial charge in [0, 0.05) is 13.3 Å². The molecule has 0 saturated heterocycles. The maximum atomic E-state index is 11.4. The van der Waals surface area contributed by atoms with Gasteiger partial charge in [-0.25, -0.2) is 4.79 Å². The second kappa shape index (κ2) is 5.63. The van der Waals surface area contributed by atoms with Crippen LogP contribution in [0.3, 0.4) is 0 Å². The number of anilines is 1. The van der Waals surface area contributed by atoms with Gasteiger partial charge in [-0.15, -0.1) is 0 Å². The molecule has 1 rings (SSSR count). The number of nitrogens with zero attached hydrogens (tertiary/aromatic N) is 2. The largest absolute Gasteiger partial charge is 0.479 e. The summed E-state index contributed by atoms with van der Waals surface area (Å²) < 4.78 is 6.07. The lowest BCUT2D eigenvalue weighted by Crippen LogP contribution is -2.35. The smallest absolute Gasteiger partial charge is 0.331 e. The Morgan fingerprint density at radius 2 is 2.22 bits per heavy atom. The molecule has 7 nitrogen and oxygen atoms in total.